The van der Waals surface area contributed by atoms with Crippen LogP contribution in [0.2, 0.25) is 0 Å². The van der Waals surface area contributed by atoms with Crippen molar-refractivity contribution in [1.29, 1.82) is 0 Å². The summed E-state index contributed by atoms with van der Waals surface area (Å²) in [5, 5.41) is 16.4. The zero-order chi connectivity index (χ0) is 40.5. The Morgan fingerprint density at radius 3 is 2.09 bits per heavy atom. The summed E-state index contributed by atoms with van der Waals surface area (Å²) in [5.74, 6) is -3.94. The topological polar surface area (TPSA) is 168 Å². The molecule has 1 saturated heterocycles. The molecule has 0 aliphatic carbocycles. The minimum absolute atomic E-state index is 0.000596. The molecule has 0 radical (unpaired) electrons. The third kappa shape index (κ3) is 12.8. The largest absolute Gasteiger partial charge is 0.465 e. The van der Waals surface area contributed by atoms with Crippen molar-refractivity contribution in [3.05, 3.63) is 95.1 Å². The number of carboxylic acid groups (broad SMARTS) is 1. The second kappa shape index (κ2) is 18.2. The molecule has 0 saturated carbocycles. The molecule has 3 atom stereocenters. The number of nitrogens with one attached hydrogen (secondary N) is 3. The number of pyridine rings is 1. The second-order valence-electron chi connectivity index (χ2n) is 13.5. The number of benzene rings is 2. The number of amides is 4. The number of alkyl carbamates (subject to hydrolysis) is 2. The van der Waals surface area contributed by atoms with Crippen LogP contribution in [-0.4, -0.2) is 95.4 Å². The summed E-state index contributed by atoms with van der Waals surface area (Å²) in [5.41, 5.74) is -0.451. The first-order valence-corrected chi connectivity index (χ1v) is 16.8. The molecule has 2 aromatic carbocycles. The molecule has 4 amide bonds. The van der Waals surface area contributed by atoms with Crippen LogP contribution in [0.1, 0.15) is 49.8 Å². The molecule has 1 aliphatic rings. The summed E-state index contributed by atoms with van der Waals surface area (Å²) in [6.45, 7) is 1.97. The van der Waals surface area contributed by atoms with Crippen LogP contribution < -0.4 is 16.0 Å². The fourth-order valence-corrected chi connectivity index (χ4v) is 5.69. The molecule has 55 heavy (non-hydrogen) atoms. The van der Waals surface area contributed by atoms with Gasteiger partial charge in [-0.1, -0.05) is 24.3 Å². The van der Waals surface area contributed by atoms with Crippen LogP contribution in [0.4, 0.5) is 46.4 Å². The molecule has 0 unspecified atom stereocenters. The monoisotopic (exact) mass is 783 g/mol. The van der Waals surface area contributed by atoms with Crippen LogP contribution in [-0.2, 0) is 25.4 Å². The third-order valence-electron chi connectivity index (χ3n) is 8.18. The molecule has 1 aliphatic heterocycles. The Morgan fingerprint density at radius 2 is 1.55 bits per heavy atom. The van der Waals surface area contributed by atoms with Gasteiger partial charge in [0.05, 0.1) is 43.4 Å². The molecule has 1 fully saturated rings. The SMILES string of the molecule is CC(C)(C)OC(=O)N[C@H](C(=O)Nc1cncc(F)c1CC[C@@H]1CN(C(=O)O)[C@H](COC(=O)NCC(F)(F)F)CO1)C(c1ccc(F)cc1)c1ccc(F)cc1. The van der Waals surface area contributed by atoms with Crippen LogP contribution in [0.5, 0.6) is 0 Å². The number of rotatable bonds is 12. The van der Waals surface area contributed by atoms with Crippen molar-refractivity contribution in [3.63, 3.8) is 0 Å². The number of morpholine rings is 1. The predicted octanol–water partition coefficient (Wildman–Crippen LogP) is 6.13. The minimum Gasteiger partial charge on any atom is -0.465 e. The van der Waals surface area contributed by atoms with Crippen LogP contribution >= 0.6 is 0 Å². The lowest BCUT2D eigenvalue weighted by Crippen LogP contribution is -2.54. The fourth-order valence-electron chi connectivity index (χ4n) is 5.69. The zero-order valence-corrected chi connectivity index (χ0v) is 29.8. The number of hydrogen-bond acceptors (Lipinski definition) is 8. The van der Waals surface area contributed by atoms with Gasteiger partial charge in [0.15, 0.2) is 0 Å². The first-order chi connectivity index (χ1) is 25.8. The molecule has 0 bridgehead atoms. The summed E-state index contributed by atoms with van der Waals surface area (Å²) in [7, 11) is 0. The number of aromatic nitrogens is 1. The Kier molecular flexibility index (Phi) is 13.9. The summed E-state index contributed by atoms with van der Waals surface area (Å²) < 4.78 is 96.3. The number of carbonyl (C=O) groups excluding carboxylic acids is 3. The van der Waals surface area contributed by atoms with Gasteiger partial charge in [-0.15, -0.1) is 0 Å². The molecule has 2 heterocycles. The number of carbonyl (C=O) groups is 4. The van der Waals surface area contributed by atoms with E-state index in [-0.39, 0.29) is 37.2 Å². The van der Waals surface area contributed by atoms with Crippen LogP contribution in [0.15, 0.2) is 60.9 Å². The summed E-state index contributed by atoms with van der Waals surface area (Å²) in [4.78, 5) is 55.7. The first kappa shape index (κ1) is 42.2. The van der Waals surface area contributed by atoms with E-state index < -0.39 is 90.7 Å². The maximum Gasteiger partial charge on any atom is 0.408 e. The maximum atomic E-state index is 15.4. The van der Waals surface area contributed by atoms with E-state index in [1.807, 2.05) is 0 Å². The highest BCUT2D eigenvalue weighted by Crippen LogP contribution is 2.31. The van der Waals surface area contributed by atoms with E-state index in [1.165, 1.54) is 29.6 Å². The van der Waals surface area contributed by atoms with Crippen molar-refractivity contribution < 1.29 is 64.8 Å². The number of halogens is 6. The quantitative estimate of drug-likeness (QED) is 0.158. The molecule has 298 valence electrons. The molecule has 0 spiro atoms. The van der Waals surface area contributed by atoms with E-state index in [4.69, 9.17) is 14.2 Å². The Balaban J connectivity index is 1.54. The van der Waals surface area contributed by atoms with Gasteiger partial charge in [-0.25, -0.2) is 27.6 Å². The van der Waals surface area contributed by atoms with Gasteiger partial charge < -0.3 is 35.3 Å². The highest BCUT2D eigenvalue weighted by molar-refractivity contribution is 5.98. The van der Waals surface area contributed by atoms with Crippen LogP contribution in [0.3, 0.4) is 0 Å². The van der Waals surface area contributed by atoms with Crippen LogP contribution in [0, 0.1) is 17.5 Å². The Morgan fingerprint density at radius 1 is 0.945 bits per heavy atom. The van der Waals surface area contributed by atoms with Crippen molar-refractivity contribution >= 4 is 29.9 Å². The number of hydrogen-bond donors (Lipinski definition) is 4. The standard InChI is InChI=1S/C36H39F6N5O8/c1-35(2,3)55-33(50)46-30(29(20-4-8-22(37)9-5-20)21-6-10-23(38)11-7-21)31(48)45-28-15-43-14-27(39)26(28)13-12-25-16-47(34(51)52)24(17-53-25)18-54-32(49)44-19-36(40,41)42/h4-11,14-15,24-25,29-30H,12-13,16-19H2,1-3H3,(H,44,49)(H,45,48)(H,46,50)(H,51,52)/t24-,25+,30-/m0/s1. The van der Waals surface area contributed by atoms with Gasteiger partial charge in [-0.05, 0) is 69.0 Å². The van der Waals surface area contributed by atoms with Gasteiger partial charge >= 0.3 is 24.5 Å². The molecule has 19 heteroatoms. The summed E-state index contributed by atoms with van der Waals surface area (Å²) in [6, 6.07) is 7.57. The molecule has 1 aromatic heterocycles. The van der Waals surface area contributed by atoms with Gasteiger partial charge in [0, 0.05) is 11.5 Å². The van der Waals surface area contributed by atoms with Gasteiger partial charge in [0.2, 0.25) is 5.91 Å². The number of ether oxygens (including phenoxy) is 3. The second-order valence-corrected chi connectivity index (χ2v) is 13.5. The Labute approximate surface area is 311 Å². The van der Waals surface area contributed by atoms with Crippen molar-refractivity contribution in [3.8, 4) is 0 Å². The fraction of sp³-hybridized carbons (Fsp3) is 0.417. The number of alkyl halides is 3. The van der Waals surface area contributed by atoms with E-state index in [9.17, 15) is 46.2 Å². The lowest BCUT2D eigenvalue weighted by Gasteiger charge is -2.37. The van der Waals surface area contributed by atoms with Gasteiger partial charge in [0.25, 0.3) is 0 Å². The summed E-state index contributed by atoms with van der Waals surface area (Å²) in [6.07, 6.45) is -7.42. The first-order valence-electron chi connectivity index (χ1n) is 16.8. The molecular weight excluding hydrogens is 744 g/mol. The third-order valence-corrected chi connectivity index (χ3v) is 8.18. The van der Waals surface area contributed by atoms with E-state index in [0.717, 1.165) is 41.6 Å². The average molecular weight is 784 g/mol. The number of anilines is 1. The Hall–Kier alpha value is -5.59. The van der Waals surface area contributed by atoms with Crippen LogP contribution in [0.25, 0.3) is 0 Å². The van der Waals surface area contributed by atoms with E-state index in [2.05, 4.69) is 15.6 Å². The van der Waals surface area contributed by atoms with Gasteiger partial charge in [-0.3, -0.25) is 14.7 Å². The molecular formula is C36H39F6N5O8. The average Bonchev–Trinajstić information content (AvgIpc) is 3.09. The van der Waals surface area contributed by atoms with Gasteiger partial charge in [-0.2, -0.15) is 13.2 Å². The van der Waals surface area contributed by atoms with Crippen molar-refractivity contribution in [2.24, 2.45) is 0 Å². The van der Waals surface area contributed by atoms with Crippen molar-refractivity contribution in [1.82, 2.24) is 20.5 Å². The van der Waals surface area contributed by atoms with Gasteiger partial charge in [0.1, 0.15) is 42.2 Å². The highest BCUT2D eigenvalue weighted by atomic mass is 19.4. The molecule has 13 nitrogen and oxygen atoms in total. The summed E-state index contributed by atoms with van der Waals surface area (Å²) >= 11 is 0. The predicted molar refractivity (Wildman–Crippen MR) is 183 cm³/mol. The zero-order valence-electron chi connectivity index (χ0n) is 29.8. The van der Waals surface area contributed by atoms with Crippen molar-refractivity contribution in [2.45, 2.75) is 69.5 Å². The van der Waals surface area contributed by atoms with E-state index in [1.54, 1.807) is 20.8 Å². The normalized spacial score (nSPS) is 16.6. The highest BCUT2D eigenvalue weighted by Gasteiger charge is 2.36. The molecule has 4 N–H and O–H groups in total. The van der Waals surface area contributed by atoms with E-state index in [0.29, 0.717) is 11.1 Å². The smallest absolute Gasteiger partial charge is 0.408 e. The maximum absolute atomic E-state index is 15.4. The minimum atomic E-state index is -4.68. The lowest BCUT2D eigenvalue weighted by atomic mass is 9.84. The van der Waals surface area contributed by atoms with E-state index >= 15 is 4.39 Å². The van der Waals surface area contributed by atoms with Crippen molar-refractivity contribution in [2.75, 3.05) is 31.6 Å². The number of nitrogens with zero attached hydrogens (tertiary/aromatic N) is 2. The Bertz CT molecular complexity index is 1760. The molecule has 3 aromatic rings. The molecule has 4 rings (SSSR count). The lowest BCUT2D eigenvalue weighted by molar-refractivity contribution is -0.124.